The Morgan fingerprint density at radius 2 is 2.00 bits per heavy atom. The van der Waals surface area contributed by atoms with E-state index >= 15 is 0 Å². The van der Waals surface area contributed by atoms with Crippen molar-refractivity contribution >= 4 is 28.8 Å². The molecule has 3 unspecified atom stereocenters. The minimum absolute atomic E-state index is 0.0874. The Kier molecular flexibility index (Phi) is 7.92. The van der Waals surface area contributed by atoms with Gasteiger partial charge in [0.15, 0.2) is 5.65 Å². The van der Waals surface area contributed by atoms with Crippen LogP contribution in [0.25, 0.3) is 11.2 Å². The lowest BCUT2D eigenvalue weighted by atomic mass is 10.00. The van der Waals surface area contributed by atoms with Gasteiger partial charge in [-0.05, 0) is 48.9 Å². The van der Waals surface area contributed by atoms with Gasteiger partial charge in [0.05, 0.1) is 19.1 Å². The Balaban J connectivity index is 1.12. The predicted molar refractivity (Wildman–Crippen MR) is 150 cm³/mol. The zero-order valence-electron chi connectivity index (χ0n) is 23.3. The lowest BCUT2D eigenvalue weighted by Crippen LogP contribution is -2.50. The molecule has 13 heteroatoms. The Morgan fingerprint density at radius 3 is 2.74 bits per heavy atom. The van der Waals surface area contributed by atoms with E-state index in [1.807, 2.05) is 42.5 Å². The Hall–Kier alpha value is -3.52. The van der Waals surface area contributed by atoms with Gasteiger partial charge in [-0.2, -0.15) is 18.2 Å². The Morgan fingerprint density at radius 1 is 1.19 bits per heavy atom. The van der Waals surface area contributed by atoms with Gasteiger partial charge in [0.2, 0.25) is 11.9 Å². The molecule has 4 aliphatic heterocycles. The summed E-state index contributed by atoms with van der Waals surface area (Å²) in [7, 11) is 2.08. The fourth-order valence-electron chi connectivity index (χ4n) is 5.95. The summed E-state index contributed by atoms with van der Waals surface area (Å²) in [5.41, 5.74) is 4.04. The third-order valence-corrected chi connectivity index (χ3v) is 8.12. The minimum atomic E-state index is -4.34. The molecule has 3 atom stereocenters. The number of hydrogen-bond donors (Lipinski definition) is 2. The number of carbonyl (C=O) groups excluding carboxylic acids is 1. The van der Waals surface area contributed by atoms with Crippen LogP contribution in [0.5, 0.6) is 0 Å². The number of nitrogens with zero attached hydrogens (tertiary/aromatic N) is 6. The van der Waals surface area contributed by atoms with E-state index in [4.69, 9.17) is 4.74 Å². The molecule has 6 heterocycles. The second-order valence-corrected chi connectivity index (χ2v) is 11.2. The molecular weight excluding hydrogens is 551 g/mol. The summed E-state index contributed by atoms with van der Waals surface area (Å²) in [6.45, 7) is 3.62. The molecule has 0 radical (unpaired) electrons. The average Bonchev–Trinajstić information content (AvgIpc) is 3.20. The number of benzene rings is 1. The van der Waals surface area contributed by atoms with Crippen LogP contribution in [0.15, 0.2) is 48.7 Å². The van der Waals surface area contributed by atoms with Crippen molar-refractivity contribution in [1.29, 1.82) is 0 Å². The molecular formula is C29H34F3N7O3. The van der Waals surface area contributed by atoms with Crippen molar-refractivity contribution in [2.75, 3.05) is 51.7 Å². The molecule has 2 N–H and O–H groups in total. The smallest absolute Gasteiger partial charge is 0.374 e. The first-order chi connectivity index (χ1) is 20.1. The standard InChI is InChI=1S/C29H34F3N7O3/c1-36-15-22-18-42-23(16-36)17-38(22)27(41)20-4-6-21(7-5-20)33-28-34-26-24(3-2-12-39(26)35-28)19-9-13-37(14-10-19)25(40)8-11-29(30,31)32/h2-7,9,12,22-23,27,41H,8,10-11,13-18H2,1H3,(H,33,35). The van der Waals surface area contributed by atoms with Crippen molar-refractivity contribution in [1.82, 2.24) is 29.3 Å². The third-order valence-electron chi connectivity index (χ3n) is 8.12. The number of pyridine rings is 1. The van der Waals surface area contributed by atoms with Crippen molar-refractivity contribution in [2.45, 2.75) is 43.8 Å². The molecule has 10 nitrogen and oxygen atoms in total. The normalized spacial score (nSPS) is 22.7. The number of morpholine rings is 1. The molecule has 1 aromatic carbocycles. The van der Waals surface area contributed by atoms with E-state index < -0.39 is 31.2 Å². The first-order valence-electron chi connectivity index (χ1n) is 14.1. The van der Waals surface area contributed by atoms with E-state index in [9.17, 15) is 23.1 Å². The number of ether oxygens (including phenoxy) is 1. The summed E-state index contributed by atoms with van der Waals surface area (Å²) in [5.74, 6) is -0.0882. The zero-order valence-corrected chi connectivity index (χ0v) is 23.3. The van der Waals surface area contributed by atoms with Gasteiger partial charge in [0, 0.05) is 62.6 Å². The molecule has 4 aliphatic rings. The molecule has 42 heavy (non-hydrogen) atoms. The second-order valence-electron chi connectivity index (χ2n) is 11.2. The molecule has 224 valence electrons. The number of rotatable bonds is 7. The van der Waals surface area contributed by atoms with E-state index in [0.717, 1.165) is 35.5 Å². The number of hydrogen-bond acceptors (Lipinski definition) is 8. The summed E-state index contributed by atoms with van der Waals surface area (Å²) < 4.78 is 45.1. The monoisotopic (exact) mass is 585 g/mol. The molecule has 1 amide bonds. The van der Waals surface area contributed by atoms with Crippen LogP contribution in [0.2, 0.25) is 0 Å². The summed E-state index contributed by atoms with van der Waals surface area (Å²) in [5, 5.41) is 18.9. The van der Waals surface area contributed by atoms with E-state index in [1.165, 1.54) is 4.90 Å². The van der Waals surface area contributed by atoms with Gasteiger partial charge in [-0.3, -0.25) is 9.69 Å². The number of nitrogens with one attached hydrogen (secondary N) is 1. The number of halogens is 3. The molecule has 0 spiro atoms. The van der Waals surface area contributed by atoms with Crippen molar-refractivity contribution < 1.29 is 27.8 Å². The third kappa shape index (κ3) is 6.28. The van der Waals surface area contributed by atoms with E-state index in [1.54, 1.807) is 10.7 Å². The summed E-state index contributed by atoms with van der Waals surface area (Å²) in [6, 6.07) is 11.5. The number of alkyl halides is 3. The highest BCUT2D eigenvalue weighted by Crippen LogP contribution is 2.30. The number of fused-ring (bicyclic) bond motifs is 5. The van der Waals surface area contributed by atoms with Gasteiger partial charge in [-0.15, -0.1) is 5.10 Å². The Labute approximate surface area is 241 Å². The highest BCUT2D eigenvalue weighted by atomic mass is 19.4. The molecule has 0 saturated carbocycles. The fraction of sp³-hybridized carbons (Fsp3) is 0.483. The highest BCUT2D eigenvalue weighted by molar-refractivity contribution is 5.81. The summed E-state index contributed by atoms with van der Waals surface area (Å²) >= 11 is 0. The van der Waals surface area contributed by atoms with Crippen LogP contribution in [0, 0.1) is 0 Å². The molecule has 3 fully saturated rings. The molecule has 7 rings (SSSR count). The van der Waals surface area contributed by atoms with Gasteiger partial charge < -0.3 is 25.0 Å². The van der Waals surface area contributed by atoms with Crippen molar-refractivity contribution in [3.8, 4) is 0 Å². The number of likely N-dealkylation sites (N-methyl/N-ethyl adjacent to an activating group) is 1. The fourth-order valence-corrected chi connectivity index (χ4v) is 5.95. The van der Waals surface area contributed by atoms with E-state index in [2.05, 4.69) is 32.2 Å². The van der Waals surface area contributed by atoms with Gasteiger partial charge in [0.25, 0.3) is 0 Å². The first-order valence-corrected chi connectivity index (χ1v) is 14.1. The molecule has 0 aliphatic carbocycles. The van der Waals surface area contributed by atoms with E-state index in [-0.39, 0.29) is 18.7 Å². The van der Waals surface area contributed by atoms with Gasteiger partial charge in [-0.1, -0.05) is 18.2 Å². The topological polar surface area (TPSA) is 98.5 Å². The number of aliphatic hydroxyl groups is 1. The van der Waals surface area contributed by atoms with Crippen LogP contribution in [0.4, 0.5) is 24.8 Å². The number of aliphatic hydroxyl groups excluding tert-OH is 1. The van der Waals surface area contributed by atoms with Crippen molar-refractivity contribution in [3.05, 3.63) is 59.8 Å². The van der Waals surface area contributed by atoms with Gasteiger partial charge in [-0.25, -0.2) is 4.52 Å². The predicted octanol–water partition coefficient (Wildman–Crippen LogP) is 3.44. The lowest BCUT2D eigenvalue weighted by Gasteiger charge is -2.39. The van der Waals surface area contributed by atoms with Crippen LogP contribution >= 0.6 is 0 Å². The minimum Gasteiger partial charge on any atom is -0.374 e. The van der Waals surface area contributed by atoms with Crippen LogP contribution in [-0.4, -0.2) is 105 Å². The summed E-state index contributed by atoms with van der Waals surface area (Å²) in [4.78, 5) is 22.7. The zero-order chi connectivity index (χ0) is 29.4. The number of anilines is 2. The largest absolute Gasteiger partial charge is 0.389 e. The van der Waals surface area contributed by atoms with Crippen LogP contribution < -0.4 is 5.32 Å². The number of aromatic nitrogens is 3. The maximum absolute atomic E-state index is 12.5. The van der Waals surface area contributed by atoms with Crippen molar-refractivity contribution in [3.63, 3.8) is 0 Å². The van der Waals surface area contributed by atoms with Gasteiger partial charge >= 0.3 is 6.18 Å². The van der Waals surface area contributed by atoms with Crippen LogP contribution in [0.3, 0.4) is 0 Å². The van der Waals surface area contributed by atoms with Crippen LogP contribution in [0.1, 0.15) is 36.6 Å². The SMILES string of the molecule is CN1CC2CN(C(O)c3ccc(Nc4nc5c(C6=CCN(C(=O)CCC(F)(F)F)CC6)cccn5n4)cc3)C(CO2)C1. The molecule has 2 bridgehead atoms. The molecule has 2 aromatic heterocycles. The lowest BCUT2D eigenvalue weighted by molar-refractivity contribution is -0.148. The van der Waals surface area contributed by atoms with E-state index in [0.29, 0.717) is 37.7 Å². The van der Waals surface area contributed by atoms with Crippen molar-refractivity contribution in [2.24, 2.45) is 0 Å². The second kappa shape index (κ2) is 11.6. The number of amides is 1. The Bertz CT molecular complexity index is 1460. The first kappa shape index (κ1) is 28.6. The maximum atomic E-state index is 12.5. The maximum Gasteiger partial charge on any atom is 0.389 e. The summed E-state index contributed by atoms with van der Waals surface area (Å²) in [6.07, 6.45) is -2.44. The number of carbonyl (C=O) groups is 1. The molecule has 3 aromatic rings. The van der Waals surface area contributed by atoms with Crippen LogP contribution in [-0.2, 0) is 9.53 Å². The quantitative estimate of drug-likeness (QED) is 0.436. The van der Waals surface area contributed by atoms with Gasteiger partial charge in [0.1, 0.15) is 6.23 Å². The molecule has 3 saturated heterocycles. The average molecular weight is 586 g/mol. The highest BCUT2D eigenvalue weighted by Gasteiger charge is 2.38.